The zero-order valence-corrected chi connectivity index (χ0v) is 74.8. The van der Waals surface area contributed by atoms with Gasteiger partial charge in [0.05, 0.1) is 44.4 Å². The van der Waals surface area contributed by atoms with E-state index < -0.39 is 0 Å². The topological polar surface area (TPSA) is 111 Å². The minimum absolute atomic E-state index is 0.634. The highest BCUT2D eigenvalue weighted by molar-refractivity contribution is 6.28. The lowest BCUT2D eigenvalue weighted by Gasteiger charge is -2.17. The van der Waals surface area contributed by atoms with Gasteiger partial charge in [-0.2, -0.15) is 0 Å². The van der Waals surface area contributed by atoms with Crippen LogP contribution in [0.25, 0.3) is 241 Å². The SMILES string of the molecule is COc1ccc2c(c1)c1cc(OC)ccc1c1cc(Oc3ccccc3)c(Oc3ccccc3)cc21.[C-]#[N+]c1ccc(-c2cc3c(cc2-c2ccc([N+]#[C-])cc2)-c2cccc4cccc-3c24)cc1.c1ccc(-c2ccc3c(c2)c2ccc(-c4ccccn4)cc2c2ccc(-c4ccccn4)cc32)nc1.c1ccc2oc(-c3cc4c(cc3-c3cc5ccccc5o3)-c3cccc5cccc-4c35)cc2c1. The molecule has 0 unspecified atom stereocenters. The fourth-order valence-electron chi connectivity index (χ4n) is 19.9. The number of para-hydroxylation sites is 4. The summed E-state index contributed by atoms with van der Waals surface area (Å²) in [6, 6.07) is 145. The Morgan fingerprint density at radius 1 is 0.217 bits per heavy atom. The van der Waals surface area contributed by atoms with Gasteiger partial charge in [-0.05, 0) is 317 Å². The number of methoxy groups -OCH3 is 2. The quantitative estimate of drug-likeness (QED) is 0.0823. The van der Waals surface area contributed by atoms with E-state index in [0.717, 1.165) is 156 Å². The summed E-state index contributed by atoms with van der Waals surface area (Å²) in [6.45, 7) is 14.5. The molecule has 0 amide bonds. The van der Waals surface area contributed by atoms with Crippen LogP contribution in [0.5, 0.6) is 34.5 Å². The van der Waals surface area contributed by atoms with E-state index in [0.29, 0.717) is 22.9 Å². The first-order chi connectivity index (χ1) is 68.2. The van der Waals surface area contributed by atoms with Crippen molar-refractivity contribution in [3.8, 4) is 158 Å². The van der Waals surface area contributed by atoms with Crippen LogP contribution in [0, 0.1) is 13.1 Å². The van der Waals surface area contributed by atoms with E-state index >= 15 is 0 Å². The summed E-state index contributed by atoms with van der Waals surface area (Å²) in [6.07, 6.45) is 5.53. The van der Waals surface area contributed by atoms with Crippen LogP contribution >= 0.6 is 0 Å². The first-order valence-electron chi connectivity index (χ1n) is 45.7. The molecule has 0 radical (unpaired) electrons. The van der Waals surface area contributed by atoms with Gasteiger partial charge in [-0.1, -0.05) is 261 Å². The molecule has 648 valence electrons. The molecule has 25 aromatic rings. The van der Waals surface area contributed by atoms with Gasteiger partial charge in [0.15, 0.2) is 22.9 Å². The predicted molar refractivity (Wildman–Crippen MR) is 564 cm³/mol. The lowest BCUT2D eigenvalue weighted by atomic mass is 9.89. The predicted octanol–water partition coefficient (Wildman–Crippen LogP) is 35.3. The van der Waals surface area contributed by atoms with Gasteiger partial charge in [0.1, 0.15) is 45.7 Å². The molecule has 0 aliphatic heterocycles. The third kappa shape index (κ3) is 15.1. The Bertz CT molecular complexity index is 8530. The van der Waals surface area contributed by atoms with Crippen LogP contribution in [0.15, 0.2) is 452 Å². The molecule has 0 saturated heterocycles. The first-order valence-corrected chi connectivity index (χ1v) is 45.7. The molecule has 2 aliphatic carbocycles. The maximum Gasteiger partial charge on any atom is 0.187 e. The van der Waals surface area contributed by atoms with E-state index in [4.69, 9.17) is 40.9 Å². The van der Waals surface area contributed by atoms with Crippen LogP contribution < -0.4 is 18.9 Å². The highest BCUT2D eigenvalue weighted by atomic mass is 16.5. The average Bonchev–Trinajstić information content (AvgIpc) is 1.61. The molecule has 20 aromatic carbocycles. The number of rotatable bonds is 13. The van der Waals surface area contributed by atoms with Crippen molar-refractivity contribution < 1.29 is 27.8 Å². The van der Waals surface area contributed by atoms with Crippen LogP contribution in [0.1, 0.15) is 0 Å². The molecule has 0 fully saturated rings. The molecule has 27 rings (SSSR count). The summed E-state index contributed by atoms with van der Waals surface area (Å²) in [5.74, 6) is 6.07. The summed E-state index contributed by atoms with van der Waals surface area (Å²) in [7, 11) is 3.37. The number of pyridine rings is 3. The molecule has 138 heavy (non-hydrogen) atoms. The number of aromatic nitrogens is 3. The van der Waals surface area contributed by atoms with Gasteiger partial charge < -0.3 is 27.8 Å². The number of fused-ring (bicyclic) bond motifs is 20. The Kier molecular flexibility index (Phi) is 20.9. The van der Waals surface area contributed by atoms with Crippen LogP contribution in [0.2, 0.25) is 0 Å². The highest BCUT2D eigenvalue weighted by Crippen LogP contribution is 2.55. The summed E-state index contributed by atoms with van der Waals surface area (Å²) in [4.78, 5) is 20.8. The second-order valence-electron chi connectivity index (χ2n) is 34.3. The Morgan fingerprint density at radius 3 is 0.855 bits per heavy atom. The van der Waals surface area contributed by atoms with Gasteiger partial charge >= 0.3 is 0 Å². The summed E-state index contributed by atoms with van der Waals surface area (Å²) < 4.78 is 36.5. The number of ether oxygens (including phenoxy) is 4. The van der Waals surface area contributed by atoms with Crippen molar-refractivity contribution in [3.05, 3.63) is 466 Å². The molecule has 11 heteroatoms. The number of nitrogens with zero attached hydrogens (tertiary/aromatic N) is 5. The van der Waals surface area contributed by atoms with Gasteiger partial charge in [-0.25, -0.2) is 9.69 Å². The van der Waals surface area contributed by atoms with Crippen LogP contribution in [0.4, 0.5) is 11.4 Å². The second-order valence-corrected chi connectivity index (χ2v) is 34.3. The van der Waals surface area contributed by atoms with Gasteiger partial charge in [-0.3, -0.25) is 15.0 Å². The summed E-state index contributed by atoms with van der Waals surface area (Å²) >= 11 is 0. The molecule has 5 aromatic heterocycles. The number of hydrogen-bond donors (Lipinski definition) is 0. The number of benzene rings is 20. The second kappa shape index (κ2) is 35.1. The van der Waals surface area contributed by atoms with Crippen molar-refractivity contribution in [2.45, 2.75) is 0 Å². The lowest BCUT2D eigenvalue weighted by Crippen LogP contribution is -1.93. The van der Waals surface area contributed by atoms with Gasteiger partial charge in [-0.15, -0.1) is 0 Å². The Morgan fingerprint density at radius 2 is 0.522 bits per heavy atom. The molecule has 0 atom stereocenters. The van der Waals surface area contributed by atoms with Crippen LogP contribution in [0.3, 0.4) is 0 Å². The monoisotopic (exact) mass is 1770 g/mol. The van der Waals surface area contributed by atoms with E-state index in [1.807, 2.05) is 213 Å². The smallest absolute Gasteiger partial charge is 0.187 e. The van der Waals surface area contributed by atoms with Gasteiger partial charge in [0.2, 0.25) is 0 Å². The Hall–Kier alpha value is -18.8. The van der Waals surface area contributed by atoms with E-state index in [1.54, 1.807) is 14.2 Å². The van der Waals surface area contributed by atoms with Crippen molar-refractivity contribution in [3.63, 3.8) is 0 Å². The van der Waals surface area contributed by atoms with E-state index in [9.17, 15) is 0 Å². The molecular weight excluding hydrogens is 1690 g/mol. The fraction of sp³-hybridized carbons (Fsp3) is 0.0157. The van der Waals surface area contributed by atoms with Crippen molar-refractivity contribution in [1.29, 1.82) is 0 Å². The van der Waals surface area contributed by atoms with Crippen LogP contribution in [-0.2, 0) is 0 Å². The van der Waals surface area contributed by atoms with Gasteiger partial charge in [0.25, 0.3) is 0 Å². The molecular formula is C127H79N5O6. The van der Waals surface area contributed by atoms with E-state index in [-0.39, 0.29) is 0 Å². The van der Waals surface area contributed by atoms with Crippen molar-refractivity contribution in [1.82, 2.24) is 15.0 Å². The zero-order valence-electron chi connectivity index (χ0n) is 74.8. The number of furan rings is 2. The highest BCUT2D eigenvalue weighted by Gasteiger charge is 2.29. The summed E-state index contributed by atoms with van der Waals surface area (Å²) in [5.41, 5.74) is 25.8. The standard InChI is InChI=1S/C33H21N3.C32H24O4.C32H18O2.C30H16N2/c1-4-16-34-31(7-1)22-10-13-25-28(19-22)26-14-11-23(32-8-2-5-17-35-32)21-30(26)27-15-12-24(20-29(25)27)33-9-3-6-18-36-33;1-33-23-13-15-25-27(17-23)28-18-24(34-2)14-16-26(28)30-20-32(36-22-11-7-4-8-12-22)31(19-29(25)30)35-21-9-5-3-6-10-21;1-3-13-28-20(7-1)15-30(33-28)26-17-24-22-11-5-9-19-10-6-12-23(32(19)22)25(24)18-27(26)31-16-21-8-2-4-14-29(21)34-31;1-31-22-13-9-19(10-14-22)26-17-28-24-7-3-5-21-6-4-8-25(30(21)24)29(28)18-27(26)20-11-15-23(32-2)16-12-20/h1-21H;3-20H,1-2H3;1-18H;3-18H. The third-order valence-corrected chi connectivity index (χ3v) is 26.4. The van der Waals surface area contributed by atoms with Crippen LogP contribution in [-0.4, -0.2) is 29.2 Å². The largest absolute Gasteiger partial charge is 0.497 e. The third-order valence-electron chi connectivity index (χ3n) is 26.4. The van der Waals surface area contributed by atoms with Crippen molar-refractivity contribution >= 4 is 119 Å². The number of hydrogen-bond acceptors (Lipinski definition) is 9. The van der Waals surface area contributed by atoms with E-state index in [1.165, 1.54) is 98.4 Å². The summed E-state index contributed by atoms with van der Waals surface area (Å²) in [5, 5.41) is 21.1. The molecule has 5 heterocycles. The zero-order chi connectivity index (χ0) is 92.3. The lowest BCUT2D eigenvalue weighted by molar-refractivity contribution is 0.415. The molecule has 0 bridgehead atoms. The first kappa shape index (κ1) is 82.3. The maximum atomic E-state index is 7.27. The minimum atomic E-state index is 0.634. The molecule has 2 aliphatic rings. The van der Waals surface area contributed by atoms with Crippen molar-refractivity contribution in [2.75, 3.05) is 14.2 Å². The molecule has 0 N–H and O–H groups in total. The fourth-order valence-corrected chi connectivity index (χ4v) is 19.9. The minimum Gasteiger partial charge on any atom is -0.497 e. The molecule has 0 saturated carbocycles. The van der Waals surface area contributed by atoms with Crippen molar-refractivity contribution in [2.24, 2.45) is 0 Å². The average molecular weight is 1770 g/mol. The Balaban J connectivity index is 0.000000100. The Labute approximate surface area is 794 Å². The van der Waals surface area contributed by atoms with E-state index in [2.05, 4.69) is 255 Å². The maximum absolute atomic E-state index is 7.27. The normalized spacial score (nSPS) is 11.4. The molecule has 11 nitrogen and oxygen atoms in total. The molecule has 0 spiro atoms. The van der Waals surface area contributed by atoms with Gasteiger partial charge in [0, 0.05) is 57.2 Å².